The monoisotopic (exact) mass is 283 g/mol. The Morgan fingerprint density at radius 2 is 1.88 bits per heavy atom. The molecular weight excluding hydrogens is 264 g/mol. The minimum atomic E-state index is -4.59. The molecule has 100 valence electrons. The average molecular weight is 283 g/mol. The highest BCUT2D eigenvalue weighted by Gasteiger charge is 2.62. The largest absolute Gasteiger partial charge is 0.353 e. The van der Waals surface area contributed by atoms with Crippen molar-refractivity contribution in [3.63, 3.8) is 0 Å². The van der Waals surface area contributed by atoms with Crippen molar-refractivity contribution in [3.8, 4) is 0 Å². The molecule has 0 aromatic rings. The first-order valence-corrected chi connectivity index (χ1v) is 9.15. The van der Waals surface area contributed by atoms with Gasteiger partial charge in [-0.25, -0.2) is 0 Å². The van der Waals surface area contributed by atoms with Crippen LogP contribution in [-0.4, -0.2) is 43.4 Å². The van der Waals surface area contributed by atoms with Crippen molar-refractivity contribution in [3.05, 3.63) is 0 Å². The van der Waals surface area contributed by atoms with Crippen molar-refractivity contribution >= 4 is 21.2 Å². The molecule has 1 aliphatic carbocycles. The maximum atomic E-state index is 11.7. The van der Waals surface area contributed by atoms with Crippen LogP contribution in [-0.2, 0) is 4.57 Å². The van der Waals surface area contributed by atoms with Gasteiger partial charge in [-0.2, -0.15) is 0 Å². The van der Waals surface area contributed by atoms with Crippen LogP contribution in [0.4, 0.5) is 0 Å². The van der Waals surface area contributed by atoms with E-state index in [-0.39, 0.29) is 24.8 Å². The first kappa shape index (κ1) is 13.8. The van der Waals surface area contributed by atoms with Crippen LogP contribution in [0.2, 0.25) is 0 Å². The molecule has 2 aliphatic rings. The second kappa shape index (κ2) is 4.17. The number of hydrogen-bond acceptors (Lipinski definition) is 4. The highest BCUT2D eigenvalue weighted by atomic mass is 31.2. The second-order valence-electron chi connectivity index (χ2n) is 5.13. The summed E-state index contributed by atoms with van der Waals surface area (Å²) in [7, 11) is -8.43. The van der Waals surface area contributed by atoms with Gasteiger partial charge in [0, 0.05) is 6.04 Å². The van der Waals surface area contributed by atoms with Crippen LogP contribution in [0.1, 0.15) is 25.7 Å². The van der Waals surface area contributed by atoms with E-state index >= 15 is 0 Å². The van der Waals surface area contributed by atoms with Gasteiger partial charge in [-0.1, -0.05) is 6.30 Å². The Bertz CT molecular complexity index is 362. The zero-order chi connectivity index (χ0) is 12.9. The van der Waals surface area contributed by atoms with Gasteiger partial charge < -0.3 is 24.9 Å². The molecule has 2 rings (SSSR count). The van der Waals surface area contributed by atoms with Gasteiger partial charge in [0.2, 0.25) is 0 Å². The summed E-state index contributed by atoms with van der Waals surface area (Å²) in [4.78, 5) is 36.8. The normalized spacial score (nSPS) is 39.1. The molecular formula is C9H19NO5P2. The molecule has 0 aromatic carbocycles. The Labute approximate surface area is 100 Å². The van der Waals surface area contributed by atoms with Crippen LogP contribution in [0.25, 0.3) is 0 Å². The minimum Gasteiger partial charge on any atom is -0.353 e. The van der Waals surface area contributed by atoms with Crippen molar-refractivity contribution in [2.45, 2.75) is 36.6 Å². The summed E-state index contributed by atoms with van der Waals surface area (Å²) in [5.41, 5.74) is 0. The molecule has 17 heavy (non-hydrogen) atoms. The summed E-state index contributed by atoms with van der Waals surface area (Å²) in [6.07, 6.45) is 5.34. The fraction of sp³-hybridized carbons (Fsp3) is 0.889. The summed E-state index contributed by atoms with van der Waals surface area (Å²) in [5.74, 6) is 0.108. The predicted molar refractivity (Wildman–Crippen MR) is 67.0 cm³/mol. The molecule has 0 radical (unpaired) electrons. The molecule has 8 heteroatoms. The van der Waals surface area contributed by atoms with Crippen molar-refractivity contribution < 1.29 is 24.1 Å². The number of rotatable bonds is 2. The molecule has 1 heterocycles. The standard InChI is InChI=1S/C9H19NO5P2/c1-16(11,12)9(17(13,14)15)5-7-3-2-4-10-8(7)6-9/h7-8,10-12H,1-6H2,(H2,13,14,15)/t7-,8+,9?/m0/s1. The minimum absolute atomic E-state index is 0.0307. The van der Waals surface area contributed by atoms with Gasteiger partial charge in [0.05, 0.1) is 0 Å². The van der Waals surface area contributed by atoms with Crippen molar-refractivity contribution in [1.29, 1.82) is 0 Å². The Morgan fingerprint density at radius 1 is 1.24 bits per heavy atom. The molecule has 0 bridgehead atoms. The van der Waals surface area contributed by atoms with Crippen LogP contribution in [0.15, 0.2) is 0 Å². The average Bonchev–Trinajstić information content (AvgIpc) is 2.55. The third-order valence-corrected chi connectivity index (χ3v) is 8.96. The predicted octanol–water partition coefficient (Wildman–Crippen LogP) is 0.287. The molecule has 1 saturated carbocycles. The maximum Gasteiger partial charge on any atom is 0.340 e. The summed E-state index contributed by atoms with van der Waals surface area (Å²) in [6, 6.07) is -0.0307. The Kier molecular flexibility index (Phi) is 3.38. The van der Waals surface area contributed by atoms with Crippen LogP contribution in [0.3, 0.4) is 0 Å². The summed E-state index contributed by atoms with van der Waals surface area (Å²) >= 11 is 0. The van der Waals surface area contributed by atoms with E-state index < -0.39 is 19.8 Å². The van der Waals surface area contributed by atoms with Gasteiger partial charge >= 0.3 is 7.60 Å². The lowest BCUT2D eigenvalue weighted by Crippen LogP contribution is -2.38. The third-order valence-electron chi connectivity index (χ3n) is 4.07. The number of hydrogen-bond donors (Lipinski definition) is 5. The molecule has 1 saturated heterocycles. The highest BCUT2D eigenvalue weighted by molar-refractivity contribution is 7.77. The van der Waals surface area contributed by atoms with E-state index in [0.29, 0.717) is 0 Å². The number of piperidine rings is 1. The van der Waals surface area contributed by atoms with Gasteiger partial charge in [0.15, 0.2) is 0 Å². The first-order chi connectivity index (χ1) is 7.67. The van der Waals surface area contributed by atoms with E-state index in [0.717, 1.165) is 19.4 Å². The maximum absolute atomic E-state index is 11.7. The van der Waals surface area contributed by atoms with Gasteiger partial charge in [-0.3, -0.25) is 4.57 Å². The van der Waals surface area contributed by atoms with E-state index in [1.165, 1.54) is 0 Å². The van der Waals surface area contributed by atoms with E-state index in [9.17, 15) is 24.1 Å². The van der Waals surface area contributed by atoms with Crippen molar-refractivity contribution in [2.24, 2.45) is 5.92 Å². The molecule has 2 fully saturated rings. The SMILES string of the molecule is C=P(O)(O)C1(P(=O)(O)O)C[C@@H]2CCCN[C@@H]2C1. The lowest BCUT2D eigenvalue weighted by Gasteiger charge is -2.35. The quantitative estimate of drug-likeness (QED) is 0.466. The summed E-state index contributed by atoms with van der Waals surface area (Å²) in [5, 5.41) is 3.20. The van der Waals surface area contributed by atoms with Gasteiger partial charge in [0.1, 0.15) is 12.2 Å². The van der Waals surface area contributed by atoms with Crippen molar-refractivity contribution in [1.82, 2.24) is 5.32 Å². The second-order valence-corrected chi connectivity index (χ2v) is 9.74. The van der Waals surface area contributed by atoms with Gasteiger partial charge in [-0.05, 0) is 38.1 Å². The molecule has 1 unspecified atom stereocenters. The number of nitrogens with one attached hydrogen (secondary N) is 1. The van der Waals surface area contributed by atoms with Gasteiger partial charge in [-0.15, -0.1) is 0 Å². The van der Waals surface area contributed by atoms with E-state index in [2.05, 4.69) is 11.6 Å². The Morgan fingerprint density at radius 3 is 2.35 bits per heavy atom. The Balaban J connectivity index is 2.39. The fourth-order valence-corrected chi connectivity index (χ4v) is 6.69. The topological polar surface area (TPSA) is 110 Å². The Hall–Kier alpha value is 0.330. The van der Waals surface area contributed by atoms with Crippen LogP contribution in [0.5, 0.6) is 0 Å². The lowest BCUT2D eigenvalue weighted by atomic mass is 9.94. The molecule has 0 spiro atoms. The zero-order valence-electron chi connectivity index (χ0n) is 9.49. The van der Waals surface area contributed by atoms with Gasteiger partial charge in [0.25, 0.3) is 0 Å². The number of fused-ring (bicyclic) bond motifs is 1. The summed E-state index contributed by atoms with van der Waals surface area (Å²) in [6.45, 7) is 0.817. The molecule has 3 atom stereocenters. The molecule has 6 nitrogen and oxygen atoms in total. The van der Waals surface area contributed by atoms with Crippen LogP contribution < -0.4 is 5.32 Å². The highest BCUT2D eigenvalue weighted by Crippen LogP contribution is 2.75. The van der Waals surface area contributed by atoms with E-state index in [4.69, 9.17) is 0 Å². The van der Waals surface area contributed by atoms with E-state index in [1.54, 1.807) is 0 Å². The lowest BCUT2D eigenvalue weighted by molar-refractivity contribution is 0.317. The van der Waals surface area contributed by atoms with Crippen LogP contribution in [0, 0.1) is 5.92 Å². The third kappa shape index (κ3) is 2.17. The molecule has 1 aliphatic heterocycles. The molecule has 5 N–H and O–H groups in total. The zero-order valence-corrected chi connectivity index (χ0v) is 11.3. The first-order valence-electron chi connectivity index (χ1n) is 5.65. The van der Waals surface area contributed by atoms with Crippen molar-refractivity contribution in [2.75, 3.05) is 6.54 Å². The fourth-order valence-electron chi connectivity index (χ4n) is 3.10. The molecule has 0 amide bonds. The van der Waals surface area contributed by atoms with E-state index in [1.807, 2.05) is 0 Å². The molecule has 0 aromatic heterocycles. The summed E-state index contributed by atoms with van der Waals surface area (Å²) < 4.78 is 11.7. The van der Waals surface area contributed by atoms with Crippen LogP contribution >= 0.6 is 14.9 Å². The smallest absolute Gasteiger partial charge is 0.340 e.